The molecule has 34 heavy (non-hydrogen) atoms. The van der Waals surface area contributed by atoms with Gasteiger partial charge in [0.05, 0.1) is 25.0 Å². The van der Waals surface area contributed by atoms with Crippen LogP contribution in [-0.4, -0.2) is 58.3 Å². The molecular weight excluding hydrogens is 475 g/mol. The Morgan fingerprint density at radius 3 is 2.50 bits per heavy atom. The van der Waals surface area contributed by atoms with Crippen LogP contribution in [-0.2, 0) is 4.74 Å². The zero-order valence-corrected chi connectivity index (χ0v) is 18.9. The lowest BCUT2D eigenvalue weighted by atomic mass is 9.97. The van der Waals surface area contributed by atoms with Crippen LogP contribution < -0.4 is 21.3 Å². The first-order chi connectivity index (χ1) is 16.3. The topological polar surface area (TPSA) is 129 Å². The summed E-state index contributed by atoms with van der Waals surface area (Å²) < 4.78 is 51.7. The van der Waals surface area contributed by atoms with Crippen LogP contribution >= 0.6 is 11.8 Å². The predicted molar refractivity (Wildman–Crippen MR) is 120 cm³/mol. The molecule has 0 amide bonds. The van der Waals surface area contributed by atoms with Gasteiger partial charge in [0.2, 0.25) is 0 Å². The van der Waals surface area contributed by atoms with Gasteiger partial charge < -0.3 is 35.5 Å². The summed E-state index contributed by atoms with van der Waals surface area (Å²) in [5.41, 5.74) is 1.19. The first kappa shape index (κ1) is 26.1. The maximum Gasteiger partial charge on any atom is 0.194 e. The summed E-state index contributed by atoms with van der Waals surface area (Å²) in [6.07, 6.45) is -2.48. The quantitative estimate of drug-likeness (QED) is 0.172. The van der Waals surface area contributed by atoms with E-state index in [1.807, 2.05) is 6.92 Å². The number of hydrogen-bond donors (Lipinski definition) is 6. The van der Waals surface area contributed by atoms with Gasteiger partial charge in [0.1, 0.15) is 29.5 Å². The van der Waals surface area contributed by atoms with Crippen LogP contribution in [0.1, 0.15) is 12.5 Å². The molecular formula is C22H26F3N3O5S. The number of aliphatic hydroxyl groups excluding tert-OH is 3. The predicted octanol–water partition coefficient (Wildman–Crippen LogP) is 1.45. The van der Waals surface area contributed by atoms with Gasteiger partial charge in [0.15, 0.2) is 17.5 Å². The van der Waals surface area contributed by atoms with Gasteiger partial charge in [-0.2, -0.15) is 0 Å². The van der Waals surface area contributed by atoms with E-state index in [4.69, 9.17) is 15.3 Å². The fraction of sp³-hybridized carbons (Fsp3) is 0.364. The van der Waals surface area contributed by atoms with Crippen LogP contribution in [0.25, 0.3) is 5.70 Å². The number of nitrogens with two attached hydrogens (primary N) is 1. The lowest BCUT2D eigenvalue weighted by Gasteiger charge is -2.42. The fourth-order valence-corrected chi connectivity index (χ4v) is 4.54. The van der Waals surface area contributed by atoms with E-state index < -0.39 is 53.8 Å². The molecule has 8 nitrogen and oxygen atoms in total. The molecule has 1 aliphatic rings. The number of thioether (sulfide) groups is 1. The van der Waals surface area contributed by atoms with Crippen LogP contribution in [0, 0.1) is 17.5 Å². The molecule has 0 aliphatic carbocycles. The minimum atomic E-state index is -1.62. The minimum absolute atomic E-state index is 0.0436. The molecule has 186 valence electrons. The molecule has 7 N–H and O–H groups in total. The third-order valence-electron chi connectivity index (χ3n) is 5.12. The molecule has 0 saturated carbocycles. The first-order valence-corrected chi connectivity index (χ1v) is 11.3. The van der Waals surface area contributed by atoms with E-state index in [0.717, 1.165) is 28.8 Å². The Bertz CT molecular complexity index is 992. The number of aliphatic hydroxyl groups is 3. The van der Waals surface area contributed by atoms with Gasteiger partial charge in [0, 0.05) is 16.7 Å². The van der Waals surface area contributed by atoms with E-state index in [1.54, 1.807) is 24.3 Å². The molecule has 2 aromatic rings. The second kappa shape index (κ2) is 11.8. The van der Waals surface area contributed by atoms with Crippen molar-refractivity contribution in [1.29, 1.82) is 0 Å². The summed E-state index contributed by atoms with van der Waals surface area (Å²) >= 11 is 1.16. The summed E-state index contributed by atoms with van der Waals surface area (Å²) in [4.78, 5) is 0.721. The summed E-state index contributed by atoms with van der Waals surface area (Å²) in [7, 11) is 0. The van der Waals surface area contributed by atoms with Crippen LogP contribution in [0.15, 0.2) is 47.5 Å². The molecule has 3 rings (SSSR count). The average molecular weight is 502 g/mol. The minimum Gasteiger partial charge on any atom is -0.494 e. The number of nitrogens with one attached hydrogen (secondary N) is 2. The first-order valence-electron chi connectivity index (χ1n) is 10.4. The van der Waals surface area contributed by atoms with Crippen LogP contribution in [0.3, 0.4) is 0 Å². The van der Waals surface area contributed by atoms with Gasteiger partial charge in [-0.15, -0.1) is 0 Å². The van der Waals surface area contributed by atoms with Crippen molar-refractivity contribution in [3.63, 3.8) is 0 Å². The molecule has 0 spiro atoms. The van der Waals surface area contributed by atoms with E-state index in [-0.39, 0.29) is 11.3 Å². The van der Waals surface area contributed by atoms with Crippen molar-refractivity contribution in [3.05, 3.63) is 65.6 Å². The Hall–Kier alpha value is -2.48. The number of halogens is 3. The van der Waals surface area contributed by atoms with E-state index >= 15 is 0 Å². The lowest BCUT2D eigenvalue weighted by molar-refractivity contribution is -0.164. The van der Waals surface area contributed by atoms with Crippen molar-refractivity contribution in [2.45, 2.75) is 41.6 Å². The van der Waals surface area contributed by atoms with Crippen LogP contribution in [0.4, 0.5) is 13.2 Å². The average Bonchev–Trinajstić information content (AvgIpc) is 2.82. The van der Waals surface area contributed by atoms with Crippen molar-refractivity contribution >= 4 is 17.5 Å². The Morgan fingerprint density at radius 2 is 1.88 bits per heavy atom. The van der Waals surface area contributed by atoms with Crippen LogP contribution in [0.5, 0.6) is 5.75 Å². The largest absolute Gasteiger partial charge is 0.494 e. The fourth-order valence-electron chi connectivity index (χ4n) is 3.42. The molecule has 1 aliphatic heterocycles. The molecule has 1 fully saturated rings. The third-order valence-corrected chi connectivity index (χ3v) is 6.27. The third kappa shape index (κ3) is 5.95. The van der Waals surface area contributed by atoms with Crippen molar-refractivity contribution in [3.8, 4) is 5.75 Å². The van der Waals surface area contributed by atoms with Gasteiger partial charge in [-0.25, -0.2) is 13.2 Å². The van der Waals surface area contributed by atoms with E-state index in [1.165, 1.54) is 6.20 Å². The maximum atomic E-state index is 13.6. The Kier molecular flexibility index (Phi) is 9.05. The number of rotatable bonds is 9. The molecule has 2 aromatic carbocycles. The zero-order chi connectivity index (χ0) is 24.8. The lowest BCUT2D eigenvalue weighted by Crippen LogP contribution is -2.62. The molecule has 3 unspecified atom stereocenters. The van der Waals surface area contributed by atoms with Gasteiger partial charge in [-0.3, -0.25) is 5.84 Å². The summed E-state index contributed by atoms with van der Waals surface area (Å²) in [6.45, 7) is 1.80. The zero-order valence-electron chi connectivity index (χ0n) is 18.1. The number of benzene rings is 2. The van der Waals surface area contributed by atoms with Crippen molar-refractivity contribution in [1.82, 2.24) is 10.7 Å². The molecule has 1 heterocycles. The van der Waals surface area contributed by atoms with Crippen molar-refractivity contribution < 1.29 is 38.0 Å². The van der Waals surface area contributed by atoms with Gasteiger partial charge in [-0.1, -0.05) is 17.8 Å². The highest BCUT2D eigenvalue weighted by atomic mass is 32.2. The Balaban J connectivity index is 1.82. The smallest absolute Gasteiger partial charge is 0.194 e. The summed E-state index contributed by atoms with van der Waals surface area (Å²) in [5.74, 6) is 1.64. The highest BCUT2D eigenvalue weighted by Crippen LogP contribution is 2.34. The molecule has 1 saturated heterocycles. The molecule has 0 radical (unpaired) electrons. The SMILES string of the molecule is CCOc1cccc(S[C@H]2OC(CO)[C@H](O)C(N/C=C(\NN)c3cc(F)c(F)c(F)c3)C2O)c1. The van der Waals surface area contributed by atoms with Gasteiger partial charge in [-0.05, 0) is 37.3 Å². The summed E-state index contributed by atoms with van der Waals surface area (Å²) in [5, 5.41) is 33.9. The highest BCUT2D eigenvalue weighted by molar-refractivity contribution is 7.99. The second-order valence-corrected chi connectivity index (χ2v) is 8.55. The molecule has 0 bridgehead atoms. The van der Waals surface area contributed by atoms with Gasteiger partial charge >= 0.3 is 0 Å². The van der Waals surface area contributed by atoms with Crippen molar-refractivity contribution in [2.75, 3.05) is 13.2 Å². The Morgan fingerprint density at radius 1 is 1.18 bits per heavy atom. The standard InChI is InChI=1S/C22H26F3N3O5S/c1-2-32-12-4-3-5-13(8-12)34-22-21(31)19(20(30)17(10-29)33-22)27-9-16(28-26)11-6-14(23)18(25)15(24)7-11/h3-9,17,19-22,27-31H,2,10,26H2,1H3/b16-9-/t17?,19?,20-,21?,22+/m0/s1. The number of hydrogen-bond acceptors (Lipinski definition) is 9. The number of ether oxygens (including phenoxy) is 2. The second-order valence-electron chi connectivity index (χ2n) is 7.38. The normalized spacial score (nSPS) is 25.2. The highest BCUT2D eigenvalue weighted by Gasteiger charge is 2.44. The van der Waals surface area contributed by atoms with E-state index in [0.29, 0.717) is 12.4 Å². The Labute approximate surface area is 198 Å². The molecule has 0 aromatic heterocycles. The van der Waals surface area contributed by atoms with Crippen LogP contribution in [0.2, 0.25) is 0 Å². The molecule has 5 atom stereocenters. The molecule has 12 heteroatoms. The number of hydrazine groups is 1. The van der Waals surface area contributed by atoms with Crippen molar-refractivity contribution in [2.24, 2.45) is 5.84 Å². The van der Waals surface area contributed by atoms with Gasteiger partial charge in [0.25, 0.3) is 0 Å². The monoisotopic (exact) mass is 501 g/mol. The van der Waals surface area contributed by atoms with E-state index in [2.05, 4.69) is 10.7 Å². The van der Waals surface area contributed by atoms with E-state index in [9.17, 15) is 28.5 Å². The maximum absolute atomic E-state index is 13.6. The summed E-state index contributed by atoms with van der Waals surface area (Å²) in [6, 6.07) is 7.53.